The molecule has 0 aliphatic heterocycles. The largest absolute Gasteiger partial charge is 0.460 e. The van der Waals surface area contributed by atoms with Crippen LogP contribution in [0.5, 0.6) is 0 Å². The topological polar surface area (TPSA) is 44.8 Å². The summed E-state index contributed by atoms with van der Waals surface area (Å²) in [7, 11) is 3.42. The maximum Gasteiger partial charge on any atom is 0.309 e. The number of rotatable bonds is 3. The minimum absolute atomic E-state index is 0.0226. The number of carbonyl (C=O) groups is 1. The van der Waals surface area contributed by atoms with Gasteiger partial charge in [-0.1, -0.05) is 0 Å². The Morgan fingerprint density at radius 1 is 1.06 bits per heavy atom. The average molecular weight is 256 g/mol. The minimum atomic E-state index is -0.415. The van der Waals surface area contributed by atoms with Gasteiger partial charge in [-0.15, -0.1) is 0 Å². The zero-order valence-corrected chi connectivity index (χ0v) is 11.9. The van der Waals surface area contributed by atoms with Crippen LogP contribution in [-0.4, -0.2) is 38.0 Å². The molecule has 2 bridgehead atoms. The van der Waals surface area contributed by atoms with Crippen molar-refractivity contribution in [3.8, 4) is 0 Å². The molecule has 2 aliphatic rings. The number of methoxy groups -OCH3 is 2. The van der Waals surface area contributed by atoms with Gasteiger partial charge in [0.1, 0.15) is 5.60 Å². The van der Waals surface area contributed by atoms with E-state index >= 15 is 0 Å². The molecule has 0 radical (unpaired) electrons. The van der Waals surface area contributed by atoms with Crippen molar-refractivity contribution in [3.05, 3.63) is 0 Å². The fourth-order valence-corrected chi connectivity index (χ4v) is 3.54. The lowest BCUT2D eigenvalue weighted by atomic mass is 9.84. The molecule has 0 aromatic heterocycles. The zero-order chi connectivity index (χ0) is 13.5. The van der Waals surface area contributed by atoms with E-state index in [-0.39, 0.29) is 30.0 Å². The van der Waals surface area contributed by atoms with Crippen LogP contribution in [0.15, 0.2) is 0 Å². The predicted octanol–water partition coefficient (Wildman–Crippen LogP) is 2.01. The first kappa shape index (κ1) is 13.8. The molecule has 0 aromatic carbocycles. The maximum atomic E-state index is 12.2. The van der Waals surface area contributed by atoms with Gasteiger partial charge in [-0.05, 0) is 39.5 Å². The summed E-state index contributed by atoms with van der Waals surface area (Å²) in [5.74, 6) is 0.583. The van der Waals surface area contributed by atoms with Crippen LogP contribution in [0.1, 0.15) is 33.6 Å². The van der Waals surface area contributed by atoms with Crippen molar-refractivity contribution < 1.29 is 19.0 Å². The van der Waals surface area contributed by atoms with E-state index in [1.54, 1.807) is 14.2 Å². The van der Waals surface area contributed by atoms with E-state index in [1.165, 1.54) is 0 Å². The van der Waals surface area contributed by atoms with Crippen molar-refractivity contribution in [2.45, 2.75) is 51.4 Å². The van der Waals surface area contributed by atoms with Gasteiger partial charge in [0.2, 0.25) is 0 Å². The first-order valence-corrected chi connectivity index (χ1v) is 6.66. The van der Waals surface area contributed by atoms with Crippen molar-refractivity contribution in [1.29, 1.82) is 0 Å². The fourth-order valence-electron chi connectivity index (χ4n) is 3.54. The van der Waals surface area contributed by atoms with E-state index in [1.807, 2.05) is 20.8 Å². The molecule has 2 saturated carbocycles. The second-order valence-electron chi connectivity index (χ2n) is 6.44. The Bertz CT molecular complexity index is 320. The number of hydrogen-bond donors (Lipinski definition) is 0. The van der Waals surface area contributed by atoms with E-state index in [2.05, 4.69) is 0 Å². The van der Waals surface area contributed by atoms with Crippen LogP contribution < -0.4 is 0 Å². The smallest absolute Gasteiger partial charge is 0.309 e. The SMILES string of the molecule is COC1C2CC(C(=O)OC(C)(C)C)C(C2)C1OC. The summed E-state index contributed by atoms with van der Waals surface area (Å²) < 4.78 is 16.5. The highest BCUT2D eigenvalue weighted by molar-refractivity contribution is 5.74. The number of hydrogen-bond acceptors (Lipinski definition) is 4. The highest BCUT2D eigenvalue weighted by Gasteiger charge is 2.56. The average Bonchev–Trinajstić information content (AvgIpc) is 2.82. The highest BCUT2D eigenvalue weighted by atomic mass is 16.6. The van der Waals surface area contributed by atoms with Gasteiger partial charge in [-0.3, -0.25) is 4.79 Å². The van der Waals surface area contributed by atoms with Crippen LogP contribution in [0.3, 0.4) is 0 Å². The molecule has 0 aromatic rings. The van der Waals surface area contributed by atoms with Gasteiger partial charge in [0, 0.05) is 20.1 Å². The first-order chi connectivity index (χ1) is 8.37. The molecule has 104 valence electrons. The molecule has 0 spiro atoms. The third-order valence-electron chi connectivity index (χ3n) is 4.11. The summed E-state index contributed by atoms with van der Waals surface area (Å²) in [6, 6.07) is 0. The lowest BCUT2D eigenvalue weighted by Crippen LogP contribution is -2.43. The molecule has 4 heteroatoms. The molecular weight excluding hydrogens is 232 g/mol. The summed E-state index contributed by atoms with van der Waals surface area (Å²) >= 11 is 0. The summed E-state index contributed by atoms with van der Waals surface area (Å²) in [5, 5.41) is 0. The van der Waals surface area contributed by atoms with Gasteiger partial charge < -0.3 is 14.2 Å². The second-order valence-corrected chi connectivity index (χ2v) is 6.44. The fraction of sp³-hybridized carbons (Fsp3) is 0.929. The van der Waals surface area contributed by atoms with E-state index in [9.17, 15) is 4.79 Å². The third-order valence-corrected chi connectivity index (χ3v) is 4.11. The van der Waals surface area contributed by atoms with E-state index in [0.717, 1.165) is 12.8 Å². The monoisotopic (exact) mass is 256 g/mol. The van der Waals surface area contributed by atoms with Crippen LogP contribution >= 0.6 is 0 Å². The molecule has 5 unspecified atom stereocenters. The lowest BCUT2D eigenvalue weighted by molar-refractivity contribution is -0.167. The Morgan fingerprint density at radius 2 is 1.67 bits per heavy atom. The van der Waals surface area contributed by atoms with Gasteiger partial charge in [0.15, 0.2) is 0 Å². The molecule has 4 nitrogen and oxygen atoms in total. The quantitative estimate of drug-likeness (QED) is 0.725. The Hall–Kier alpha value is -0.610. The molecule has 0 N–H and O–H groups in total. The van der Waals surface area contributed by atoms with Gasteiger partial charge in [-0.2, -0.15) is 0 Å². The predicted molar refractivity (Wildman–Crippen MR) is 67.1 cm³/mol. The molecule has 2 fully saturated rings. The lowest BCUT2D eigenvalue weighted by Gasteiger charge is -2.34. The minimum Gasteiger partial charge on any atom is -0.460 e. The number of esters is 1. The summed E-state index contributed by atoms with van der Waals surface area (Å²) in [6.07, 6.45) is 2.06. The molecule has 0 heterocycles. The van der Waals surface area contributed by atoms with Crippen molar-refractivity contribution in [1.82, 2.24) is 0 Å². The molecule has 2 rings (SSSR count). The van der Waals surface area contributed by atoms with Crippen LogP contribution in [0.4, 0.5) is 0 Å². The molecule has 0 amide bonds. The Kier molecular flexibility index (Phi) is 3.70. The second kappa shape index (κ2) is 4.82. The Balaban J connectivity index is 2.04. The van der Waals surface area contributed by atoms with E-state index < -0.39 is 5.60 Å². The molecule has 0 saturated heterocycles. The van der Waals surface area contributed by atoms with Crippen LogP contribution in [-0.2, 0) is 19.0 Å². The van der Waals surface area contributed by atoms with Gasteiger partial charge in [-0.25, -0.2) is 0 Å². The van der Waals surface area contributed by atoms with Gasteiger partial charge in [0.25, 0.3) is 0 Å². The Labute approximate surface area is 109 Å². The number of carbonyl (C=O) groups excluding carboxylic acids is 1. The summed E-state index contributed by atoms with van der Waals surface area (Å²) in [5.41, 5.74) is -0.415. The van der Waals surface area contributed by atoms with Crippen LogP contribution in [0, 0.1) is 17.8 Å². The summed E-state index contributed by atoms with van der Waals surface area (Å²) in [4.78, 5) is 12.2. The maximum absolute atomic E-state index is 12.2. The van der Waals surface area contributed by atoms with Crippen LogP contribution in [0.2, 0.25) is 0 Å². The molecule has 18 heavy (non-hydrogen) atoms. The normalized spacial score (nSPS) is 39.1. The van der Waals surface area contributed by atoms with E-state index in [0.29, 0.717) is 5.92 Å². The van der Waals surface area contributed by atoms with Crippen LogP contribution in [0.25, 0.3) is 0 Å². The highest BCUT2D eigenvalue weighted by Crippen LogP contribution is 2.51. The molecular formula is C14H24O4. The van der Waals surface area contributed by atoms with Gasteiger partial charge >= 0.3 is 5.97 Å². The van der Waals surface area contributed by atoms with Crippen molar-refractivity contribution in [2.24, 2.45) is 17.8 Å². The van der Waals surface area contributed by atoms with E-state index in [4.69, 9.17) is 14.2 Å². The number of ether oxygens (including phenoxy) is 3. The Morgan fingerprint density at radius 3 is 2.17 bits per heavy atom. The van der Waals surface area contributed by atoms with Gasteiger partial charge in [0.05, 0.1) is 18.1 Å². The van der Waals surface area contributed by atoms with Crippen molar-refractivity contribution >= 4 is 5.97 Å². The molecule has 5 atom stereocenters. The third kappa shape index (κ3) is 2.41. The standard InChI is InChI=1S/C14H24O4/c1-14(2,3)18-13(15)10-7-8-6-9(10)12(17-5)11(8)16-4/h8-12H,6-7H2,1-5H3. The first-order valence-electron chi connectivity index (χ1n) is 6.66. The summed E-state index contributed by atoms with van der Waals surface area (Å²) in [6.45, 7) is 5.72. The van der Waals surface area contributed by atoms with Crippen molar-refractivity contribution in [2.75, 3.05) is 14.2 Å². The van der Waals surface area contributed by atoms with Crippen molar-refractivity contribution in [3.63, 3.8) is 0 Å². The number of fused-ring (bicyclic) bond motifs is 2. The molecule has 2 aliphatic carbocycles. The zero-order valence-electron chi connectivity index (χ0n) is 11.9.